The van der Waals surface area contributed by atoms with Crippen LogP contribution in [-0.4, -0.2) is 22.8 Å². The molecule has 19 heavy (non-hydrogen) atoms. The van der Waals surface area contributed by atoms with Crippen molar-refractivity contribution >= 4 is 34.2 Å². The largest absolute Gasteiger partial charge is 0.397 e. The number of amides is 1. The normalized spacial score (nSPS) is 19.0. The summed E-state index contributed by atoms with van der Waals surface area (Å²) in [7, 11) is 0. The number of rotatable bonds is 2. The molecule has 0 radical (unpaired) electrons. The van der Waals surface area contributed by atoms with E-state index in [0.29, 0.717) is 18.7 Å². The van der Waals surface area contributed by atoms with E-state index in [-0.39, 0.29) is 16.3 Å². The smallest absolute Gasteiger partial charge is 0.228 e. The topological polar surface area (TPSA) is 63.4 Å². The standard InChI is InChI=1S/C14H18N2O2S/c1-8-4-5-12(14(15)9(8)2)16-7-11(6-13(16)18)19-10(3)17/h4-5,11H,6-7,15H2,1-3H3. The molecule has 1 heterocycles. The van der Waals surface area contributed by atoms with E-state index in [1.165, 1.54) is 18.7 Å². The summed E-state index contributed by atoms with van der Waals surface area (Å²) in [5.74, 6) is 0.0358. The Morgan fingerprint density at radius 1 is 1.42 bits per heavy atom. The van der Waals surface area contributed by atoms with Crippen molar-refractivity contribution in [1.82, 2.24) is 0 Å². The summed E-state index contributed by atoms with van der Waals surface area (Å²) in [4.78, 5) is 24.9. The molecule has 2 rings (SSSR count). The number of carbonyl (C=O) groups excluding carboxylic acids is 2. The summed E-state index contributed by atoms with van der Waals surface area (Å²) >= 11 is 1.24. The van der Waals surface area contributed by atoms with Gasteiger partial charge in [0.2, 0.25) is 5.91 Å². The van der Waals surface area contributed by atoms with E-state index in [4.69, 9.17) is 5.73 Å². The highest BCUT2D eigenvalue weighted by Gasteiger charge is 2.33. The third-order valence-electron chi connectivity index (χ3n) is 3.48. The minimum Gasteiger partial charge on any atom is -0.397 e. The zero-order valence-electron chi connectivity index (χ0n) is 11.4. The molecule has 1 aromatic rings. The third kappa shape index (κ3) is 2.76. The number of carbonyl (C=O) groups is 2. The molecular formula is C14H18N2O2S. The Balaban J connectivity index is 2.26. The summed E-state index contributed by atoms with van der Waals surface area (Å²) in [6.07, 6.45) is 0.399. The van der Waals surface area contributed by atoms with Gasteiger partial charge in [-0.05, 0) is 31.0 Å². The van der Waals surface area contributed by atoms with Gasteiger partial charge in [-0.3, -0.25) is 9.59 Å². The highest BCUT2D eigenvalue weighted by atomic mass is 32.2. The number of hydrogen-bond acceptors (Lipinski definition) is 4. The SMILES string of the molecule is CC(=O)SC1CC(=O)N(c2ccc(C)c(C)c2N)C1. The van der Waals surface area contributed by atoms with Crippen LogP contribution >= 0.6 is 11.8 Å². The molecule has 0 aliphatic carbocycles. The average molecular weight is 278 g/mol. The van der Waals surface area contributed by atoms with Crippen LogP contribution in [0.15, 0.2) is 12.1 Å². The van der Waals surface area contributed by atoms with Gasteiger partial charge in [-0.25, -0.2) is 0 Å². The Kier molecular flexibility index (Phi) is 3.85. The number of hydrogen-bond donors (Lipinski definition) is 1. The zero-order valence-corrected chi connectivity index (χ0v) is 12.2. The summed E-state index contributed by atoms with van der Waals surface area (Å²) in [6.45, 7) is 6.03. The van der Waals surface area contributed by atoms with Crippen LogP contribution in [0.5, 0.6) is 0 Å². The number of nitrogens with two attached hydrogens (primary N) is 1. The van der Waals surface area contributed by atoms with E-state index in [1.54, 1.807) is 4.90 Å². The predicted octanol–water partition coefficient (Wildman–Crippen LogP) is 2.27. The van der Waals surface area contributed by atoms with Crippen LogP contribution in [0.4, 0.5) is 11.4 Å². The van der Waals surface area contributed by atoms with Gasteiger partial charge in [0.25, 0.3) is 0 Å². The lowest BCUT2D eigenvalue weighted by Gasteiger charge is -2.20. The fourth-order valence-electron chi connectivity index (χ4n) is 2.28. The first-order chi connectivity index (χ1) is 8.90. The van der Waals surface area contributed by atoms with Crippen LogP contribution in [0.1, 0.15) is 24.5 Å². The maximum absolute atomic E-state index is 12.1. The van der Waals surface area contributed by atoms with Crippen LogP contribution in [0.2, 0.25) is 0 Å². The van der Waals surface area contributed by atoms with Gasteiger partial charge in [0, 0.05) is 25.1 Å². The molecule has 1 saturated heterocycles. The molecule has 1 aliphatic heterocycles. The molecule has 1 amide bonds. The van der Waals surface area contributed by atoms with Crippen molar-refractivity contribution in [3.05, 3.63) is 23.3 Å². The number of nitrogens with zero attached hydrogens (tertiary/aromatic N) is 1. The molecule has 2 N–H and O–H groups in total. The first-order valence-electron chi connectivity index (χ1n) is 6.23. The minimum atomic E-state index is 0.0333. The monoisotopic (exact) mass is 278 g/mol. The van der Waals surface area contributed by atoms with Crippen LogP contribution in [0, 0.1) is 13.8 Å². The highest BCUT2D eigenvalue weighted by Crippen LogP contribution is 2.34. The number of aryl methyl sites for hydroxylation is 1. The van der Waals surface area contributed by atoms with E-state index >= 15 is 0 Å². The zero-order chi connectivity index (χ0) is 14.2. The number of thioether (sulfide) groups is 1. The van der Waals surface area contributed by atoms with Crippen molar-refractivity contribution in [2.75, 3.05) is 17.2 Å². The average Bonchev–Trinajstić information content (AvgIpc) is 2.66. The van der Waals surface area contributed by atoms with Crippen LogP contribution in [0.3, 0.4) is 0 Å². The van der Waals surface area contributed by atoms with Crippen molar-refractivity contribution in [3.63, 3.8) is 0 Å². The Morgan fingerprint density at radius 3 is 2.74 bits per heavy atom. The quantitative estimate of drug-likeness (QED) is 0.843. The van der Waals surface area contributed by atoms with Gasteiger partial charge in [-0.1, -0.05) is 17.8 Å². The van der Waals surface area contributed by atoms with Crippen LogP contribution in [0.25, 0.3) is 0 Å². The predicted molar refractivity (Wildman–Crippen MR) is 79.4 cm³/mol. The molecule has 0 spiro atoms. The van der Waals surface area contributed by atoms with Gasteiger partial charge in [0.05, 0.1) is 11.4 Å². The fourth-order valence-corrected chi connectivity index (χ4v) is 3.20. The molecule has 1 aromatic carbocycles. The maximum atomic E-state index is 12.1. The van der Waals surface area contributed by atoms with Crippen molar-refractivity contribution in [2.45, 2.75) is 32.4 Å². The molecule has 0 aromatic heterocycles. The Labute approximate surface area is 117 Å². The van der Waals surface area contributed by atoms with E-state index in [1.807, 2.05) is 26.0 Å². The third-order valence-corrected chi connectivity index (χ3v) is 4.46. The Bertz CT molecular complexity index is 542. The molecule has 1 aliphatic rings. The summed E-state index contributed by atoms with van der Waals surface area (Å²) < 4.78 is 0. The van der Waals surface area contributed by atoms with Gasteiger partial charge in [0.1, 0.15) is 0 Å². The second-order valence-corrected chi connectivity index (χ2v) is 6.36. The van der Waals surface area contributed by atoms with E-state index in [0.717, 1.165) is 16.8 Å². The van der Waals surface area contributed by atoms with Gasteiger partial charge < -0.3 is 10.6 Å². The van der Waals surface area contributed by atoms with Crippen molar-refractivity contribution in [1.29, 1.82) is 0 Å². The summed E-state index contributed by atoms with van der Waals surface area (Å²) in [5, 5.41) is 0.0821. The molecule has 1 atom stereocenters. The maximum Gasteiger partial charge on any atom is 0.228 e. The fraction of sp³-hybridized carbons (Fsp3) is 0.429. The van der Waals surface area contributed by atoms with Crippen LogP contribution < -0.4 is 10.6 Å². The Hall–Kier alpha value is -1.49. The number of nitrogen functional groups attached to an aromatic ring is 1. The van der Waals surface area contributed by atoms with Gasteiger partial charge in [0.15, 0.2) is 5.12 Å². The molecule has 4 nitrogen and oxygen atoms in total. The lowest BCUT2D eigenvalue weighted by Crippen LogP contribution is -2.26. The second kappa shape index (κ2) is 5.25. The number of anilines is 2. The Morgan fingerprint density at radius 2 is 2.11 bits per heavy atom. The van der Waals surface area contributed by atoms with Crippen molar-refractivity contribution in [3.8, 4) is 0 Å². The second-order valence-electron chi connectivity index (χ2n) is 4.88. The van der Waals surface area contributed by atoms with Crippen molar-refractivity contribution < 1.29 is 9.59 Å². The molecular weight excluding hydrogens is 260 g/mol. The van der Waals surface area contributed by atoms with Crippen molar-refractivity contribution in [2.24, 2.45) is 0 Å². The molecule has 0 saturated carbocycles. The van der Waals surface area contributed by atoms with Gasteiger partial charge >= 0.3 is 0 Å². The minimum absolute atomic E-state index is 0.0333. The van der Waals surface area contributed by atoms with E-state index in [2.05, 4.69) is 0 Å². The molecule has 5 heteroatoms. The number of benzene rings is 1. The summed E-state index contributed by atoms with van der Waals surface area (Å²) in [6, 6.07) is 3.86. The van der Waals surface area contributed by atoms with Gasteiger partial charge in [-0.2, -0.15) is 0 Å². The molecule has 0 bridgehead atoms. The highest BCUT2D eigenvalue weighted by molar-refractivity contribution is 8.14. The molecule has 1 unspecified atom stereocenters. The summed E-state index contributed by atoms with van der Waals surface area (Å²) in [5.41, 5.74) is 9.64. The first kappa shape index (κ1) is 13.9. The van der Waals surface area contributed by atoms with E-state index in [9.17, 15) is 9.59 Å². The molecule has 102 valence electrons. The van der Waals surface area contributed by atoms with Crippen LogP contribution in [-0.2, 0) is 9.59 Å². The van der Waals surface area contributed by atoms with E-state index < -0.39 is 0 Å². The molecule has 1 fully saturated rings. The van der Waals surface area contributed by atoms with Gasteiger partial charge in [-0.15, -0.1) is 0 Å². The first-order valence-corrected chi connectivity index (χ1v) is 7.11. The lowest BCUT2D eigenvalue weighted by atomic mass is 10.1. The lowest BCUT2D eigenvalue weighted by molar-refractivity contribution is -0.117.